The molecule has 0 bridgehead atoms. The molecule has 1 aromatic carbocycles. The van der Waals surface area contributed by atoms with Crippen LogP contribution in [-0.4, -0.2) is 27.8 Å². The van der Waals surface area contributed by atoms with Crippen molar-refractivity contribution in [3.05, 3.63) is 41.0 Å². The highest BCUT2D eigenvalue weighted by molar-refractivity contribution is 6.29. The first kappa shape index (κ1) is 13.2. The predicted molar refractivity (Wildman–Crippen MR) is 71.4 cm³/mol. The summed E-state index contributed by atoms with van der Waals surface area (Å²) in [4.78, 5) is 4.16. The van der Waals surface area contributed by atoms with E-state index in [1.54, 1.807) is 24.3 Å². The lowest BCUT2D eigenvalue weighted by atomic mass is 10.0. The molecule has 2 aromatic rings. The molecular weight excluding hydrogens is 252 g/mol. The number of nitrogens with zero attached hydrogens (tertiary/aromatic N) is 1. The summed E-state index contributed by atoms with van der Waals surface area (Å²) in [6, 6.07) is 8.82. The van der Waals surface area contributed by atoms with Crippen LogP contribution in [-0.2, 0) is 0 Å². The maximum atomic E-state index is 9.98. The van der Waals surface area contributed by atoms with Gasteiger partial charge in [-0.1, -0.05) is 17.7 Å². The van der Waals surface area contributed by atoms with Crippen LogP contribution in [0.15, 0.2) is 30.3 Å². The summed E-state index contributed by atoms with van der Waals surface area (Å²) >= 11 is 5.80. The molecule has 0 aliphatic carbocycles. The number of rotatable bonds is 4. The van der Waals surface area contributed by atoms with Crippen molar-refractivity contribution in [1.82, 2.24) is 4.98 Å². The standard InChI is InChI=1S/C13H15ClN2O2/c14-12-4-2-8-7-9(1-3-10(8)16-12)13(18)11(17)5-6-15/h1-4,7,11,13,17-18H,5-6,15H2. The van der Waals surface area contributed by atoms with Crippen LogP contribution >= 0.6 is 11.6 Å². The fraction of sp³-hybridized carbons (Fsp3) is 0.308. The Morgan fingerprint density at radius 3 is 2.72 bits per heavy atom. The number of hydrogen-bond acceptors (Lipinski definition) is 4. The molecule has 2 atom stereocenters. The van der Waals surface area contributed by atoms with Gasteiger partial charge in [-0.05, 0) is 42.8 Å². The normalized spacial score (nSPS) is 14.7. The molecule has 5 heteroatoms. The quantitative estimate of drug-likeness (QED) is 0.735. The minimum Gasteiger partial charge on any atom is -0.390 e. The minimum absolute atomic E-state index is 0.336. The van der Waals surface area contributed by atoms with Gasteiger partial charge in [0.05, 0.1) is 11.6 Å². The first-order valence-electron chi connectivity index (χ1n) is 5.74. The summed E-state index contributed by atoms with van der Waals surface area (Å²) in [5.41, 5.74) is 6.76. The lowest BCUT2D eigenvalue weighted by molar-refractivity contribution is 0.0151. The Hall–Kier alpha value is -1.20. The van der Waals surface area contributed by atoms with E-state index >= 15 is 0 Å². The maximum Gasteiger partial charge on any atom is 0.129 e. The Balaban J connectivity index is 2.32. The smallest absolute Gasteiger partial charge is 0.129 e. The van der Waals surface area contributed by atoms with Gasteiger partial charge in [0.15, 0.2) is 0 Å². The number of nitrogens with two attached hydrogens (primary N) is 1. The fourth-order valence-corrected chi connectivity index (χ4v) is 2.01. The van der Waals surface area contributed by atoms with E-state index in [2.05, 4.69) is 4.98 Å². The average molecular weight is 267 g/mol. The number of aromatic nitrogens is 1. The van der Waals surface area contributed by atoms with Crippen LogP contribution in [0.25, 0.3) is 10.9 Å². The second-order valence-electron chi connectivity index (χ2n) is 4.18. The van der Waals surface area contributed by atoms with Crippen LogP contribution in [0, 0.1) is 0 Å². The third-order valence-corrected chi connectivity index (χ3v) is 3.06. The molecule has 0 aliphatic heterocycles. The number of pyridine rings is 1. The molecule has 2 unspecified atom stereocenters. The van der Waals surface area contributed by atoms with E-state index in [0.29, 0.717) is 23.7 Å². The first-order valence-corrected chi connectivity index (χ1v) is 6.12. The summed E-state index contributed by atoms with van der Waals surface area (Å²) in [5.74, 6) is 0. The molecule has 0 spiro atoms. The molecule has 4 N–H and O–H groups in total. The highest BCUT2D eigenvalue weighted by atomic mass is 35.5. The monoisotopic (exact) mass is 266 g/mol. The number of aliphatic hydroxyl groups is 2. The van der Waals surface area contributed by atoms with Gasteiger partial charge in [-0.15, -0.1) is 0 Å². The summed E-state index contributed by atoms with van der Waals surface area (Å²) < 4.78 is 0. The fourth-order valence-electron chi connectivity index (χ4n) is 1.85. The molecule has 1 heterocycles. The van der Waals surface area contributed by atoms with Gasteiger partial charge in [0.25, 0.3) is 0 Å². The molecular formula is C13H15ClN2O2. The van der Waals surface area contributed by atoms with E-state index in [-0.39, 0.29) is 0 Å². The molecule has 0 radical (unpaired) electrons. The molecule has 0 saturated carbocycles. The summed E-state index contributed by atoms with van der Waals surface area (Å²) in [5, 5.41) is 21.0. The molecule has 0 fully saturated rings. The Kier molecular flexibility index (Phi) is 4.14. The molecule has 1 aromatic heterocycles. The van der Waals surface area contributed by atoms with E-state index in [1.165, 1.54) is 0 Å². The minimum atomic E-state index is -0.936. The molecule has 0 saturated heterocycles. The lowest BCUT2D eigenvalue weighted by Gasteiger charge is -2.17. The highest BCUT2D eigenvalue weighted by Crippen LogP contribution is 2.23. The molecule has 0 aliphatic rings. The van der Waals surface area contributed by atoms with Crippen molar-refractivity contribution in [3.8, 4) is 0 Å². The Morgan fingerprint density at radius 1 is 1.22 bits per heavy atom. The zero-order valence-electron chi connectivity index (χ0n) is 9.75. The van der Waals surface area contributed by atoms with Crippen molar-refractivity contribution in [2.45, 2.75) is 18.6 Å². The molecule has 2 rings (SSSR count). The van der Waals surface area contributed by atoms with E-state index < -0.39 is 12.2 Å². The Bertz CT molecular complexity index is 548. The van der Waals surface area contributed by atoms with Crippen molar-refractivity contribution < 1.29 is 10.2 Å². The van der Waals surface area contributed by atoms with Gasteiger partial charge < -0.3 is 15.9 Å². The lowest BCUT2D eigenvalue weighted by Crippen LogP contribution is -2.21. The summed E-state index contributed by atoms with van der Waals surface area (Å²) in [6.45, 7) is 0.336. The van der Waals surface area contributed by atoms with Gasteiger partial charge in [0.1, 0.15) is 11.3 Å². The van der Waals surface area contributed by atoms with Crippen LogP contribution in [0.3, 0.4) is 0 Å². The van der Waals surface area contributed by atoms with E-state index in [4.69, 9.17) is 17.3 Å². The number of fused-ring (bicyclic) bond motifs is 1. The van der Waals surface area contributed by atoms with Gasteiger partial charge in [-0.3, -0.25) is 0 Å². The highest BCUT2D eigenvalue weighted by Gasteiger charge is 2.17. The maximum absolute atomic E-state index is 9.98. The third-order valence-electron chi connectivity index (χ3n) is 2.85. The molecule has 0 amide bonds. The SMILES string of the molecule is NCCC(O)C(O)c1ccc2nc(Cl)ccc2c1. The van der Waals surface area contributed by atoms with Gasteiger partial charge in [-0.25, -0.2) is 4.98 Å². The van der Waals surface area contributed by atoms with Gasteiger partial charge in [0.2, 0.25) is 0 Å². The van der Waals surface area contributed by atoms with E-state index in [1.807, 2.05) is 6.07 Å². The summed E-state index contributed by atoms with van der Waals surface area (Å²) in [6.07, 6.45) is -1.43. The van der Waals surface area contributed by atoms with Crippen molar-refractivity contribution in [3.63, 3.8) is 0 Å². The molecule has 4 nitrogen and oxygen atoms in total. The van der Waals surface area contributed by atoms with Crippen LogP contribution in [0.2, 0.25) is 5.15 Å². The number of halogens is 1. The van der Waals surface area contributed by atoms with Crippen molar-refractivity contribution in [2.75, 3.05) is 6.54 Å². The first-order chi connectivity index (χ1) is 8.61. The van der Waals surface area contributed by atoms with Gasteiger partial charge >= 0.3 is 0 Å². The Morgan fingerprint density at radius 2 is 2.00 bits per heavy atom. The van der Waals surface area contributed by atoms with E-state index in [0.717, 1.165) is 10.9 Å². The summed E-state index contributed by atoms with van der Waals surface area (Å²) in [7, 11) is 0. The molecule has 18 heavy (non-hydrogen) atoms. The number of hydrogen-bond donors (Lipinski definition) is 3. The topological polar surface area (TPSA) is 79.4 Å². The van der Waals surface area contributed by atoms with Crippen LogP contribution in [0.1, 0.15) is 18.1 Å². The number of aliphatic hydroxyl groups excluding tert-OH is 2. The average Bonchev–Trinajstić information content (AvgIpc) is 2.37. The van der Waals surface area contributed by atoms with Crippen LogP contribution in [0.4, 0.5) is 0 Å². The van der Waals surface area contributed by atoms with Crippen molar-refractivity contribution in [1.29, 1.82) is 0 Å². The van der Waals surface area contributed by atoms with Crippen LogP contribution in [0.5, 0.6) is 0 Å². The van der Waals surface area contributed by atoms with E-state index in [9.17, 15) is 10.2 Å². The second kappa shape index (κ2) is 5.63. The zero-order valence-corrected chi connectivity index (χ0v) is 10.5. The van der Waals surface area contributed by atoms with Crippen molar-refractivity contribution in [2.24, 2.45) is 5.73 Å². The molecule has 96 valence electrons. The second-order valence-corrected chi connectivity index (χ2v) is 4.56. The predicted octanol–water partition coefficient (Wildman–Crippen LogP) is 1.63. The van der Waals surface area contributed by atoms with Crippen molar-refractivity contribution >= 4 is 22.5 Å². The third kappa shape index (κ3) is 2.79. The van der Waals surface area contributed by atoms with Crippen LogP contribution < -0.4 is 5.73 Å². The largest absolute Gasteiger partial charge is 0.390 e. The van der Waals surface area contributed by atoms with Gasteiger partial charge in [0, 0.05) is 5.39 Å². The number of benzene rings is 1. The zero-order chi connectivity index (χ0) is 13.1. The van der Waals surface area contributed by atoms with Gasteiger partial charge in [-0.2, -0.15) is 0 Å². The Labute approximate surface area is 110 Å².